The molecule has 4 nitrogen and oxygen atoms in total. The number of hydrogen-bond acceptors (Lipinski definition) is 3. The van der Waals surface area contributed by atoms with Gasteiger partial charge >= 0.3 is 0 Å². The first-order valence-corrected chi connectivity index (χ1v) is 10.9. The molecule has 1 rings (SSSR count). The third kappa shape index (κ3) is 7.46. The van der Waals surface area contributed by atoms with Crippen LogP contribution in [-0.4, -0.2) is 11.0 Å². The van der Waals surface area contributed by atoms with Gasteiger partial charge in [0.15, 0.2) is 0 Å². The molecule has 1 aromatic carbocycles. The number of benzene rings is 1. The van der Waals surface area contributed by atoms with Gasteiger partial charge in [-0.2, -0.15) is 0 Å². The number of rotatable bonds is 10. The van der Waals surface area contributed by atoms with Gasteiger partial charge in [0.25, 0.3) is 0 Å². The molecule has 1 unspecified atom stereocenters. The maximum Gasteiger partial charge on any atom is 0.223 e. The van der Waals surface area contributed by atoms with Crippen molar-refractivity contribution in [2.75, 3.05) is 0 Å². The van der Waals surface area contributed by atoms with Crippen LogP contribution >= 0.6 is 0 Å². The third-order valence-corrected chi connectivity index (χ3v) is 6.41. The van der Waals surface area contributed by atoms with E-state index < -0.39 is 0 Å². The molecule has 0 aliphatic rings. The van der Waals surface area contributed by atoms with Crippen molar-refractivity contribution in [3.8, 4) is 5.75 Å². The smallest absolute Gasteiger partial charge is 0.223 e. The highest BCUT2D eigenvalue weighted by atomic mass is 16.3. The molecule has 162 valence electrons. The van der Waals surface area contributed by atoms with E-state index in [0.717, 1.165) is 31.2 Å². The van der Waals surface area contributed by atoms with Gasteiger partial charge in [0.05, 0.1) is 0 Å². The van der Waals surface area contributed by atoms with Crippen molar-refractivity contribution in [3.63, 3.8) is 0 Å². The summed E-state index contributed by atoms with van der Waals surface area (Å²) < 4.78 is 0. The average Bonchev–Trinajstić information content (AvgIpc) is 2.72. The monoisotopic (exact) mass is 392 g/mol. The largest absolute Gasteiger partial charge is 0.508 e. The van der Waals surface area contributed by atoms with E-state index >= 15 is 0 Å². The fourth-order valence-corrected chi connectivity index (χ4v) is 3.23. The molecule has 0 saturated heterocycles. The second kappa shape index (κ2) is 12.1. The lowest BCUT2D eigenvalue weighted by Gasteiger charge is -2.39. The van der Waals surface area contributed by atoms with Gasteiger partial charge in [-0.25, -0.2) is 0 Å². The molecule has 1 amide bonds. The van der Waals surface area contributed by atoms with Crippen LogP contribution in [0.15, 0.2) is 18.2 Å². The Bertz CT molecular complexity index is 592. The van der Waals surface area contributed by atoms with Gasteiger partial charge in [0.1, 0.15) is 5.75 Å². The van der Waals surface area contributed by atoms with Gasteiger partial charge < -0.3 is 16.2 Å². The van der Waals surface area contributed by atoms with Gasteiger partial charge in [-0.15, -0.1) is 0 Å². The average molecular weight is 393 g/mol. The number of nitrogens with one attached hydrogen (secondary N) is 1. The lowest BCUT2D eigenvalue weighted by Crippen LogP contribution is -2.41. The van der Waals surface area contributed by atoms with Crippen molar-refractivity contribution in [1.82, 2.24) is 5.32 Å². The summed E-state index contributed by atoms with van der Waals surface area (Å²) in [7, 11) is 0. The summed E-state index contributed by atoms with van der Waals surface area (Å²) in [5, 5.41) is 12.9. The molecule has 0 radical (unpaired) electrons. The van der Waals surface area contributed by atoms with Crippen LogP contribution in [0.3, 0.4) is 0 Å². The summed E-state index contributed by atoms with van der Waals surface area (Å²) in [6.07, 6.45) is 4.01. The zero-order valence-corrected chi connectivity index (χ0v) is 19.5. The predicted molar refractivity (Wildman–Crippen MR) is 120 cm³/mol. The Kier molecular flexibility index (Phi) is 11.4. The molecule has 0 spiro atoms. The molecular formula is C24H44N2O2. The minimum absolute atomic E-state index is 0.0245. The normalized spacial score (nSPS) is 12.8. The van der Waals surface area contributed by atoms with E-state index in [4.69, 9.17) is 5.73 Å². The Hall–Kier alpha value is -1.55. The van der Waals surface area contributed by atoms with E-state index in [2.05, 4.69) is 46.9 Å². The first-order chi connectivity index (χ1) is 13.1. The Morgan fingerprint density at radius 3 is 2.14 bits per heavy atom. The Balaban J connectivity index is 0.00000352. The first-order valence-electron chi connectivity index (χ1n) is 10.9. The number of carbonyl (C=O) groups excluding carboxylic acids is 1. The quantitative estimate of drug-likeness (QED) is 0.473. The Labute approximate surface area is 173 Å². The molecule has 0 bridgehead atoms. The molecule has 1 atom stereocenters. The second-order valence-corrected chi connectivity index (χ2v) is 8.50. The van der Waals surface area contributed by atoms with Gasteiger partial charge in [-0.05, 0) is 34.9 Å². The summed E-state index contributed by atoms with van der Waals surface area (Å²) in [5.74, 6) is 0.296. The standard InChI is InChI=1S/C22H38N2O2.C2H6/c1-7-21(4,5)18(13-22(6,8-2)9-3)20(26)24-15-16-10-11-19(25)17(12-16)14-23;1-2/h10-12,18,25H,7-9,13-15,23H2,1-6H3,(H,24,26);1-2H3. The molecule has 0 heterocycles. The maximum atomic E-state index is 13.1. The van der Waals surface area contributed by atoms with Crippen LogP contribution in [0.4, 0.5) is 0 Å². The number of hydrogen-bond donors (Lipinski definition) is 3. The zero-order valence-electron chi connectivity index (χ0n) is 19.5. The number of phenolic OH excluding ortho intramolecular Hbond substituents is 1. The highest BCUT2D eigenvalue weighted by Crippen LogP contribution is 2.42. The van der Waals surface area contributed by atoms with Gasteiger partial charge in [-0.3, -0.25) is 4.79 Å². The predicted octanol–water partition coefficient (Wildman–Crippen LogP) is 5.76. The van der Waals surface area contributed by atoms with Crippen molar-refractivity contribution in [2.24, 2.45) is 22.5 Å². The molecule has 0 fully saturated rings. The Morgan fingerprint density at radius 2 is 1.68 bits per heavy atom. The van der Waals surface area contributed by atoms with E-state index in [9.17, 15) is 9.90 Å². The highest BCUT2D eigenvalue weighted by Gasteiger charge is 2.38. The minimum Gasteiger partial charge on any atom is -0.508 e. The SMILES string of the molecule is CC.CCC(C)(CC)CC(C(=O)NCc1ccc(O)c(CN)c1)C(C)(C)CC. The highest BCUT2D eigenvalue weighted by molar-refractivity contribution is 5.79. The number of phenols is 1. The van der Waals surface area contributed by atoms with Crippen LogP contribution in [0.5, 0.6) is 5.75 Å². The van der Waals surface area contributed by atoms with E-state index in [0.29, 0.717) is 12.1 Å². The third-order valence-electron chi connectivity index (χ3n) is 6.41. The minimum atomic E-state index is -0.0486. The summed E-state index contributed by atoms with van der Waals surface area (Å²) >= 11 is 0. The van der Waals surface area contributed by atoms with Crippen molar-refractivity contribution in [2.45, 2.75) is 94.2 Å². The number of amides is 1. The van der Waals surface area contributed by atoms with E-state index in [1.807, 2.05) is 26.0 Å². The summed E-state index contributed by atoms with van der Waals surface area (Å²) in [5.41, 5.74) is 7.44. The molecule has 4 N–H and O–H groups in total. The fourth-order valence-electron chi connectivity index (χ4n) is 3.23. The van der Waals surface area contributed by atoms with Crippen molar-refractivity contribution in [3.05, 3.63) is 29.3 Å². The van der Waals surface area contributed by atoms with Crippen LogP contribution < -0.4 is 11.1 Å². The molecule has 1 aromatic rings. The molecule has 28 heavy (non-hydrogen) atoms. The van der Waals surface area contributed by atoms with E-state index in [1.165, 1.54) is 0 Å². The van der Waals surface area contributed by atoms with Gasteiger partial charge in [0.2, 0.25) is 5.91 Å². The van der Waals surface area contributed by atoms with Crippen LogP contribution in [0.25, 0.3) is 0 Å². The summed E-state index contributed by atoms with van der Waals surface area (Å²) in [6, 6.07) is 5.33. The van der Waals surface area contributed by atoms with Crippen LogP contribution in [0, 0.1) is 16.7 Å². The van der Waals surface area contributed by atoms with Crippen molar-refractivity contribution in [1.29, 1.82) is 0 Å². The van der Waals surface area contributed by atoms with Crippen LogP contribution in [0.2, 0.25) is 0 Å². The lowest BCUT2D eigenvalue weighted by atomic mass is 9.66. The van der Waals surface area contributed by atoms with Crippen molar-refractivity contribution < 1.29 is 9.90 Å². The van der Waals surface area contributed by atoms with E-state index in [-0.39, 0.29) is 34.9 Å². The van der Waals surface area contributed by atoms with Crippen LogP contribution in [-0.2, 0) is 17.9 Å². The molecule has 0 aliphatic heterocycles. The Morgan fingerprint density at radius 1 is 1.11 bits per heavy atom. The zero-order chi connectivity index (χ0) is 22.0. The van der Waals surface area contributed by atoms with E-state index in [1.54, 1.807) is 6.07 Å². The number of aromatic hydroxyl groups is 1. The fraction of sp³-hybridized carbons (Fsp3) is 0.708. The molecule has 0 aromatic heterocycles. The number of carbonyl (C=O) groups is 1. The van der Waals surface area contributed by atoms with Gasteiger partial charge in [-0.1, -0.05) is 80.7 Å². The van der Waals surface area contributed by atoms with Gasteiger partial charge in [0, 0.05) is 24.6 Å². The molecule has 0 saturated carbocycles. The van der Waals surface area contributed by atoms with Crippen LogP contribution in [0.1, 0.15) is 92.2 Å². The topological polar surface area (TPSA) is 75.3 Å². The maximum absolute atomic E-state index is 13.1. The molecular weight excluding hydrogens is 348 g/mol. The number of nitrogens with two attached hydrogens (primary N) is 1. The molecule has 4 heteroatoms. The summed E-state index contributed by atoms with van der Waals surface area (Å²) in [4.78, 5) is 13.1. The second-order valence-electron chi connectivity index (χ2n) is 8.50. The lowest BCUT2D eigenvalue weighted by molar-refractivity contribution is -0.130. The van der Waals surface area contributed by atoms with Crippen molar-refractivity contribution >= 4 is 5.91 Å². The summed E-state index contributed by atoms with van der Waals surface area (Å²) in [6.45, 7) is 18.0. The first kappa shape index (κ1) is 26.4. The molecule has 0 aliphatic carbocycles.